The molecule has 1 aromatic carbocycles. The SMILES string of the molecule is CCN1CCN(c2ccc(-c3ccn4c(-c5cc(C)nc6ccc(F)cc56)cnc4c3)cn2)CC1(C)C. The predicted molar refractivity (Wildman–Crippen MR) is 147 cm³/mol. The fraction of sp³-hybridized carbons (Fsp3) is 0.300. The van der Waals surface area contributed by atoms with Gasteiger partial charge < -0.3 is 4.90 Å². The van der Waals surface area contributed by atoms with E-state index in [9.17, 15) is 4.39 Å². The number of aryl methyl sites for hydroxylation is 1. The summed E-state index contributed by atoms with van der Waals surface area (Å²) in [5, 5.41) is 0.777. The molecule has 0 atom stereocenters. The molecule has 0 spiro atoms. The first-order chi connectivity index (χ1) is 17.8. The van der Waals surface area contributed by atoms with Gasteiger partial charge in [-0.05, 0) is 81.4 Å². The molecular weight excluding hydrogens is 463 g/mol. The van der Waals surface area contributed by atoms with Gasteiger partial charge in [0.25, 0.3) is 0 Å². The standard InChI is InChI=1S/C30H31FN6/c1-5-36-13-12-35(19-30(36,3)4)28-9-6-22(17-32-28)21-10-11-37-27(18-33-29(37)15-21)25-14-20(2)34-26-8-7-23(31)16-24(25)26/h6-11,14-18H,5,12-13,19H2,1-4H3. The van der Waals surface area contributed by atoms with E-state index in [0.717, 1.165) is 76.6 Å². The molecule has 6 nitrogen and oxygen atoms in total. The number of rotatable bonds is 4. The summed E-state index contributed by atoms with van der Waals surface area (Å²) in [6, 6.07) is 15.1. The van der Waals surface area contributed by atoms with E-state index in [4.69, 9.17) is 4.98 Å². The van der Waals surface area contributed by atoms with Crippen LogP contribution in [0.15, 0.2) is 67.1 Å². The molecule has 1 aliphatic heterocycles. The van der Waals surface area contributed by atoms with Crippen LogP contribution < -0.4 is 4.90 Å². The monoisotopic (exact) mass is 494 g/mol. The first kappa shape index (κ1) is 23.6. The Labute approximate surface area is 216 Å². The van der Waals surface area contributed by atoms with E-state index < -0.39 is 0 Å². The first-order valence-corrected chi connectivity index (χ1v) is 12.8. The van der Waals surface area contributed by atoms with Crippen LogP contribution in [0, 0.1) is 12.7 Å². The Hall–Kier alpha value is -3.84. The first-order valence-electron chi connectivity index (χ1n) is 12.8. The minimum atomic E-state index is -0.276. The Morgan fingerprint density at radius 2 is 1.81 bits per heavy atom. The van der Waals surface area contributed by atoms with E-state index in [0.29, 0.717) is 0 Å². The number of nitrogens with zero attached hydrogens (tertiary/aromatic N) is 6. The van der Waals surface area contributed by atoms with Crippen molar-refractivity contribution < 1.29 is 4.39 Å². The van der Waals surface area contributed by atoms with Crippen LogP contribution in [-0.2, 0) is 0 Å². The number of anilines is 1. The molecule has 37 heavy (non-hydrogen) atoms. The maximum Gasteiger partial charge on any atom is 0.137 e. The molecule has 1 fully saturated rings. The fourth-order valence-electron chi connectivity index (χ4n) is 5.62. The number of likely N-dealkylation sites (N-methyl/N-ethyl adjacent to an activating group) is 1. The van der Waals surface area contributed by atoms with Gasteiger partial charge in [-0.25, -0.2) is 14.4 Å². The Bertz CT molecular complexity index is 1600. The van der Waals surface area contributed by atoms with Crippen molar-refractivity contribution in [2.45, 2.75) is 33.2 Å². The summed E-state index contributed by atoms with van der Waals surface area (Å²) in [6.07, 6.45) is 5.82. The molecule has 0 amide bonds. The number of aromatic nitrogens is 4. The van der Waals surface area contributed by atoms with Crippen LogP contribution >= 0.6 is 0 Å². The van der Waals surface area contributed by atoms with Gasteiger partial charge in [0.15, 0.2) is 0 Å². The minimum Gasteiger partial charge on any atom is -0.354 e. The van der Waals surface area contributed by atoms with Gasteiger partial charge in [-0.2, -0.15) is 0 Å². The Kier molecular flexibility index (Phi) is 5.68. The van der Waals surface area contributed by atoms with Crippen molar-refractivity contribution in [1.82, 2.24) is 24.3 Å². The van der Waals surface area contributed by atoms with E-state index in [1.54, 1.807) is 12.1 Å². The quantitative estimate of drug-likeness (QED) is 0.308. The number of benzene rings is 1. The number of hydrogen-bond acceptors (Lipinski definition) is 5. The van der Waals surface area contributed by atoms with Crippen LogP contribution in [0.1, 0.15) is 26.5 Å². The van der Waals surface area contributed by atoms with Crippen molar-refractivity contribution in [2.75, 3.05) is 31.1 Å². The molecule has 5 heterocycles. The third kappa shape index (κ3) is 4.23. The van der Waals surface area contributed by atoms with Gasteiger partial charge in [-0.3, -0.25) is 14.3 Å². The van der Waals surface area contributed by atoms with Gasteiger partial charge in [0.05, 0.1) is 17.4 Å². The highest BCUT2D eigenvalue weighted by atomic mass is 19.1. The normalized spacial score (nSPS) is 16.1. The van der Waals surface area contributed by atoms with Crippen LogP contribution in [0.5, 0.6) is 0 Å². The largest absolute Gasteiger partial charge is 0.354 e. The highest BCUT2D eigenvalue weighted by molar-refractivity contribution is 5.94. The highest BCUT2D eigenvalue weighted by Gasteiger charge is 2.33. The zero-order chi connectivity index (χ0) is 25.7. The Morgan fingerprint density at radius 3 is 2.57 bits per heavy atom. The van der Waals surface area contributed by atoms with E-state index in [2.05, 4.69) is 64.8 Å². The van der Waals surface area contributed by atoms with Gasteiger partial charge in [-0.15, -0.1) is 0 Å². The predicted octanol–water partition coefficient (Wildman–Crippen LogP) is 5.98. The molecule has 0 bridgehead atoms. The molecule has 4 aromatic heterocycles. The van der Waals surface area contributed by atoms with E-state index >= 15 is 0 Å². The minimum absolute atomic E-state index is 0.126. The summed E-state index contributed by atoms with van der Waals surface area (Å²) in [7, 11) is 0. The Balaban J connectivity index is 1.31. The van der Waals surface area contributed by atoms with E-state index in [1.165, 1.54) is 6.07 Å². The summed E-state index contributed by atoms with van der Waals surface area (Å²) in [4.78, 5) is 19.0. The summed E-state index contributed by atoms with van der Waals surface area (Å²) in [6.45, 7) is 12.8. The van der Waals surface area contributed by atoms with Crippen molar-refractivity contribution in [3.63, 3.8) is 0 Å². The van der Waals surface area contributed by atoms with Gasteiger partial charge in [0.1, 0.15) is 17.3 Å². The van der Waals surface area contributed by atoms with E-state index in [1.807, 2.05) is 36.0 Å². The summed E-state index contributed by atoms with van der Waals surface area (Å²) >= 11 is 0. The molecule has 0 aliphatic carbocycles. The Morgan fingerprint density at radius 1 is 0.946 bits per heavy atom. The number of hydrogen-bond donors (Lipinski definition) is 0. The van der Waals surface area contributed by atoms with Crippen LogP contribution in [0.3, 0.4) is 0 Å². The zero-order valence-electron chi connectivity index (χ0n) is 21.7. The molecule has 1 aliphatic rings. The second-order valence-electron chi connectivity index (χ2n) is 10.5. The molecule has 6 rings (SSSR count). The number of halogens is 1. The van der Waals surface area contributed by atoms with Crippen molar-refractivity contribution >= 4 is 22.4 Å². The lowest BCUT2D eigenvalue weighted by Gasteiger charge is -2.47. The molecule has 0 N–H and O–H groups in total. The lowest BCUT2D eigenvalue weighted by molar-refractivity contribution is 0.111. The number of piperazine rings is 1. The molecule has 0 unspecified atom stereocenters. The van der Waals surface area contributed by atoms with Crippen molar-refractivity contribution in [1.29, 1.82) is 0 Å². The fourth-order valence-corrected chi connectivity index (χ4v) is 5.62. The number of fused-ring (bicyclic) bond motifs is 2. The van der Waals surface area contributed by atoms with Gasteiger partial charge in [0.2, 0.25) is 0 Å². The number of pyridine rings is 3. The second-order valence-corrected chi connectivity index (χ2v) is 10.5. The summed E-state index contributed by atoms with van der Waals surface area (Å²) < 4.78 is 16.1. The van der Waals surface area contributed by atoms with Crippen LogP contribution in [-0.4, -0.2) is 56.0 Å². The summed E-state index contributed by atoms with van der Waals surface area (Å²) in [5.74, 6) is 0.742. The molecule has 1 saturated heterocycles. The van der Waals surface area contributed by atoms with Crippen molar-refractivity contribution in [2.24, 2.45) is 0 Å². The van der Waals surface area contributed by atoms with Crippen LogP contribution in [0.2, 0.25) is 0 Å². The lowest BCUT2D eigenvalue weighted by Crippen LogP contribution is -2.59. The molecular formula is C30H31FN6. The third-order valence-electron chi connectivity index (χ3n) is 7.55. The van der Waals surface area contributed by atoms with Gasteiger partial charge >= 0.3 is 0 Å². The topological polar surface area (TPSA) is 49.6 Å². The average molecular weight is 495 g/mol. The van der Waals surface area contributed by atoms with Crippen LogP contribution in [0.4, 0.5) is 10.2 Å². The molecule has 188 valence electrons. The average Bonchev–Trinajstić information content (AvgIpc) is 3.31. The maximum absolute atomic E-state index is 14.1. The van der Waals surface area contributed by atoms with Crippen molar-refractivity contribution in [3.05, 3.63) is 78.6 Å². The van der Waals surface area contributed by atoms with Crippen LogP contribution in [0.25, 0.3) is 38.9 Å². The molecule has 0 radical (unpaired) electrons. The molecule has 5 aromatic rings. The maximum atomic E-state index is 14.1. The smallest absolute Gasteiger partial charge is 0.137 e. The molecule has 0 saturated carbocycles. The second kappa shape index (κ2) is 8.92. The van der Waals surface area contributed by atoms with E-state index in [-0.39, 0.29) is 11.4 Å². The van der Waals surface area contributed by atoms with Crippen molar-refractivity contribution in [3.8, 4) is 22.4 Å². The highest BCUT2D eigenvalue weighted by Crippen LogP contribution is 2.32. The number of imidazole rings is 1. The van der Waals surface area contributed by atoms with Gasteiger partial charge in [-0.1, -0.05) is 6.92 Å². The summed E-state index contributed by atoms with van der Waals surface area (Å²) in [5.41, 5.74) is 6.54. The molecule has 7 heteroatoms. The third-order valence-corrected chi connectivity index (χ3v) is 7.55. The lowest BCUT2D eigenvalue weighted by atomic mass is 9.99. The van der Waals surface area contributed by atoms with Gasteiger partial charge in [0, 0.05) is 59.8 Å². The zero-order valence-corrected chi connectivity index (χ0v) is 21.7.